The quantitative estimate of drug-likeness (QED) is 0.760. The molecule has 1 saturated heterocycles. The SMILES string of the molecule is CC(C)(O)C#Cc1ccc(C(=O)N(CC=Cc2ccccc2)CC2CCCO2)o1. The van der Waals surface area contributed by atoms with Gasteiger partial charge in [0.25, 0.3) is 5.91 Å². The lowest BCUT2D eigenvalue weighted by Gasteiger charge is -2.23. The van der Waals surface area contributed by atoms with Crippen molar-refractivity contribution in [1.82, 2.24) is 4.90 Å². The summed E-state index contributed by atoms with van der Waals surface area (Å²) in [5.74, 6) is 5.83. The molecule has 3 rings (SSSR count). The van der Waals surface area contributed by atoms with E-state index in [1.807, 2.05) is 42.5 Å². The van der Waals surface area contributed by atoms with Crippen LogP contribution >= 0.6 is 0 Å². The molecule has 5 heteroatoms. The lowest BCUT2D eigenvalue weighted by molar-refractivity contribution is 0.0530. The molecule has 1 N–H and O–H groups in total. The zero-order valence-electron chi connectivity index (χ0n) is 16.9. The topological polar surface area (TPSA) is 62.9 Å². The van der Waals surface area contributed by atoms with Crippen LogP contribution in [0.3, 0.4) is 0 Å². The molecular weight excluding hydrogens is 366 g/mol. The molecule has 1 amide bonds. The highest BCUT2D eigenvalue weighted by molar-refractivity contribution is 5.91. The van der Waals surface area contributed by atoms with Crippen molar-refractivity contribution < 1.29 is 19.1 Å². The van der Waals surface area contributed by atoms with Crippen LogP contribution in [0.4, 0.5) is 0 Å². The molecular formula is C24H27NO4. The Bertz CT molecular complexity index is 890. The van der Waals surface area contributed by atoms with E-state index in [0.717, 1.165) is 25.0 Å². The number of carbonyl (C=O) groups is 1. The summed E-state index contributed by atoms with van der Waals surface area (Å²) in [4.78, 5) is 14.8. The highest BCUT2D eigenvalue weighted by atomic mass is 16.5. The maximum absolute atomic E-state index is 13.0. The van der Waals surface area contributed by atoms with Gasteiger partial charge >= 0.3 is 0 Å². The van der Waals surface area contributed by atoms with E-state index in [4.69, 9.17) is 9.15 Å². The third-order valence-electron chi connectivity index (χ3n) is 4.48. The fourth-order valence-electron chi connectivity index (χ4n) is 3.05. The first-order valence-corrected chi connectivity index (χ1v) is 9.88. The summed E-state index contributed by atoms with van der Waals surface area (Å²) in [7, 11) is 0. The summed E-state index contributed by atoms with van der Waals surface area (Å²) < 4.78 is 11.3. The molecule has 0 bridgehead atoms. The Morgan fingerprint density at radius 2 is 2.07 bits per heavy atom. The third kappa shape index (κ3) is 6.63. The molecule has 152 valence electrons. The summed E-state index contributed by atoms with van der Waals surface area (Å²) >= 11 is 0. The summed E-state index contributed by atoms with van der Waals surface area (Å²) in [5.41, 5.74) is -0.0374. The van der Waals surface area contributed by atoms with Crippen LogP contribution in [0.25, 0.3) is 6.08 Å². The molecule has 5 nitrogen and oxygen atoms in total. The van der Waals surface area contributed by atoms with Crippen LogP contribution in [0.1, 0.15) is 48.6 Å². The number of benzene rings is 1. The Labute approximate surface area is 172 Å². The second-order valence-electron chi connectivity index (χ2n) is 7.63. The standard InChI is InChI=1S/C24H27NO4/c1-24(2,27)15-14-20-12-13-22(29-20)23(26)25(18-21-11-7-17-28-21)16-6-10-19-8-4-3-5-9-19/h3-6,8-10,12-13,21,27H,7,11,16-18H2,1-2H3. The van der Waals surface area contributed by atoms with Crippen molar-refractivity contribution in [2.24, 2.45) is 0 Å². The van der Waals surface area contributed by atoms with Gasteiger partial charge in [-0.15, -0.1) is 0 Å². The Balaban J connectivity index is 1.72. The highest BCUT2D eigenvalue weighted by Gasteiger charge is 2.24. The number of hydrogen-bond donors (Lipinski definition) is 1. The van der Waals surface area contributed by atoms with Gasteiger partial charge in [-0.05, 0) is 50.3 Å². The second-order valence-corrected chi connectivity index (χ2v) is 7.63. The minimum atomic E-state index is -1.12. The van der Waals surface area contributed by atoms with Gasteiger partial charge < -0.3 is 19.2 Å². The van der Waals surface area contributed by atoms with Crippen molar-refractivity contribution in [3.8, 4) is 11.8 Å². The molecule has 0 aliphatic carbocycles. The number of hydrogen-bond acceptors (Lipinski definition) is 4. The van der Waals surface area contributed by atoms with Gasteiger partial charge in [0.2, 0.25) is 0 Å². The van der Waals surface area contributed by atoms with Crippen molar-refractivity contribution in [2.45, 2.75) is 38.4 Å². The van der Waals surface area contributed by atoms with Crippen LogP contribution in [-0.4, -0.2) is 47.3 Å². The van der Waals surface area contributed by atoms with Gasteiger partial charge in [0.05, 0.1) is 6.10 Å². The van der Waals surface area contributed by atoms with E-state index < -0.39 is 5.60 Å². The summed E-state index contributed by atoms with van der Waals surface area (Å²) in [6.45, 7) is 4.90. The van der Waals surface area contributed by atoms with Crippen molar-refractivity contribution in [3.63, 3.8) is 0 Å². The van der Waals surface area contributed by atoms with E-state index in [1.54, 1.807) is 30.9 Å². The van der Waals surface area contributed by atoms with Gasteiger partial charge in [-0.1, -0.05) is 48.4 Å². The average molecular weight is 393 g/mol. The van der Waals surface area contributed by atoms with E-state index in [1.165, 1.54) is 0 Å². The maximum atomic E-state index is 13.0. The molecule has 1 aromatic carbocycles. The number of furan rings is 1. The molecule has 1 aliphatic heterocycles. The predicted octanol–water partition coefficient (Wildman–Crippen LogP) is 3.74. The van der Waals surface area contributed by atoms with E-state index >= 15 is 0 Å². The highest BCUT2D eigenvalue weighted by Crippen LogP contribution is 2.17. The average Bonchev–Trinajstić information content (AvgIpc) is 3.37. The number of carbonyl (C=O) groups excluding carboxylic acids is 1. The Morgan fingerprint density at radius 3 is 2.76 bits per heavy atom. The third-order valence-corrected chi connectivity index (χ3v) is 4.48. The summed E-state index contributed by atoms with van der Waals surface area (Å²) in [6, 6.07) is 13.2. The molecule has 0 saturated carbocycles. The van der Waals surface area contributed by atoms with E-state index in [2.05, 4.69) is 11.8 Å². The van der Waals surface area contributed by atoms with Gasteiger partial charge in [0.1, 0.15) is 5.60 Å². The largest absolute Gasteiger partial charge is 0.443 e. The van der Waals surface area contributed by atoms with Crippen molar-refractivity contribution in [3.05, 3.63) is 65.6 Å². The molecule has 2 heterocycles. The molecule has 0 radical (unpaired) electrons. The number of rotatable bonds is 6. The van der Waals surface area contributed by atoms with Crippen molar-refractivity contribution >= 4 is 12.0 Å². The maximum Gasteiger partial charge on any atom is 0.289 e. The first kappa shape index (κ1) is 20.9. The predicted molar refractivity (Wildman–Crippen MR) is 112 cm³/mol. The van der Waals surface area contributed by atoms with Crippen LogP contribution in [-0.2, 0) is 4.74 Å². The molecule has 1 aromatic heterocycles. The second kappa shape index (κ2) is 9.60. The van der Waals surface area contributed by atoms with Crippen molar-refractivity contribution in [1.29, 1.82) is 0 Å². The minimum absolute atomic E-state index is 0.0495. The Kier molecular flexibility index (Phi) is 6.92. The van der Waals surface area contributed by atoms with Gasteiger partial charge in [-0.25, -0.2) is 0 Å². The number of aliphatic hydroxyl groups is 1. The minimum Gasteiger partial charge on any atom is -0.443 e. The summed E-state index contributed by atoms with van der Waals surface area (Å²) in [5, 5.41) is 9.72. The van der Waals surface area contributed by atoms with Crippen LogP contribution in [0.2, 0.25) is 0 Å². The van der Waals surface area contributed by atoms with Gasteiger partial charge in [-0.2, -0.15) is 0 Å². The number of ether oxygens (including phenoxy) is 1. The molecule has 0 spiro atoms. The van der Waals surface area contributed by atoms with Crippen molar-refractivity contribution in [2.75, 3.05) is 19.7 Å². The molecule has 1 atom stereocenters. The van der Waals surface area contributed by atoms with E-state index in [-0.39, 0.29) is 17.8 Å². The smallest absolute Gasteiger partial charge is 0.289 e. The normalized spacial score (nSPS) is 16.6. The molecule has 29 heavy (non-hydrogen) atoms. The van der Waals surface area contributed by atoms with E-state index in [0.29, 0.717) is 18.8 Å². The monoisotopic (exact) mass is 393 g/mol. The van der Waals surface area contributed by atoms with Crippen LogP contribution in [0, 0.1) is 11.8 Å². The molecule has 1 aliphatic rings. The molecule has 2 aromatic rings. The molecule has 1 fully saturated rings. The van der Waals surface area contributed by atoms with Crippen LogP contribution in [0.5, 0.6) is 0 Å². The molecule has 1 unspecified atom stereocenters. The zero-order valence-corrected chi connectivity index (χ0v) is 16.9. The van der Waals surface area contributed by atoms with Crippen LogP contribution in [0.15, 0.2) is 53.0 Å². The van der Waals surface area contributed by atoms with Gasteiger partial charge in [-0.3, -0.25) is 4.79 Å². The fourth-order valence-corrected chi connectivity index (χ4v) is 3.05. The number of nitrogens with zero attached hydrogens (tertiary/aromatic N) is 1. The lowest BCUT2D eigenvalue weighted by Crippen LogP contribution is -2.37. The summed E-state index contributed by atoms with van der Waals surface area (Å²) in [6.07, 6.45) is 5.99. The fraction of sp³-hybridized carbons (Fsp3) is 0.375. The van der Waals surface area contributed by atoms with Gasteiger partial charge in [0, 0.05) is 19.7 Å². The lowest BCUT2D eigenvalue weighted by atomic mass is 10.1. The first-order chi connectivity index (χ1) is 13.9. The number of amides is 1. The Morgan fingerprint density at radius 1 is 1.28 bits per heavy atom. The zero-order chi connectivity index (χ0) is 20.7. The van der Waals surface area contributed by atoms with Gasteiger partial charge in [0.15, 0.2) is 11.5 Å². The first-order valence-electron chi connectivity index (χ1n) is 9.88. The van der Waals surface area contributed by atoms with E-state index in [9.17, 15) is 9.90 Å². The van der Waals surface area contributed by atoms with Crippen LogP contribution < -0.4 is 0 Å². The Hall–Kier alpha value is -2.81.